The fourth-order valence-electron chi connectivity index (χ4n) is 4.84. The van der Waals surface area contributed by atoms with E-state index in [1.54, 1.807) is 24.3 Å². The van der Waals surface area contributed by atoms with Gasteiger partial charge >= 0.3 is 0 Å². The van der Waals surface area contributed by atoms with Crippen LogP contribution in [0.2, 0.25) is 5.02 Å². The van der Waals surface area contributed by atoms with E-state index in [9.17, 15) is 9.90 Å². The fraction of sp³-hybridized carbons (Fsp3) is 0.400. The molecule has 0 aromatic heterocycles. The third-order valence-electron chi connectivity index (χ3n) is 6.33. The second-order valence-corrected chi connectivity index (χ2v) is 9.35. The van der Waals surface area contributed by atoms with Gasteiger partial charge in [-0.25, -0.2) is 0 Å². The second kappa shape index (κ2) is 8.43. The first-order valence-corrected chi connectivity index (χ1v) is 11.3. The summed E-state index contributed by atoms with van der Waals surface area (Å²) in [6.45, 7) is 7.08. The zero-order valence-corrected chi connectivity index (χ0v) is 19.0. The Bertz CT molecular complexity index is 1130. The fourth-order valence-corrected chi connectivity index (χ4v) is 5.09. The largest absolute Gasteiger partial charge is 0.507 e. The predicted octanol–water partition coefficient (Wildman–Crippen LogP) is 5.07. The Labute approximate surface area is 192 Å². The van der Waals surface area contributed by atoms with Crippen LogP contribution in [0.25, 0.3) is 6.08 Å². The molecule has 0 saturated carbocycles. The highest BCUT2D eigenvalue weighted by molar-refractivity contribution is 6.31. The van der Waals surface area contributed by atoms with Crippen LogP contribution in [-0.4, -0.2) is 35.7 Å². The maximum absolute atomic E-state index is 13.3. The zero-order chi connectivity index (χ0) is 22.4. The van der Waals surface area contributed by atoms with E-state index >= 15 is 0 Å². The number of carbonyl (C=O) groups excluding carboxylic acids is 1. The Balaban J connectivity index is 1.52. The monoisotopic (exact) mass is 455 g/mol. The number of rotatable bonds is 3. The standard InChI is InChI=1S/C25H26ClNO5/c1-14-4-3-5-27(10-14)11-19-20(28)6-15(2)22-23(29)21(32-25(19)22)9-16-7-18(26)8-17-12-30-13-31-24(16)17/h6-9,14,28H,3-5,10-13H2,1-2H3/b21-9+. The van der Waals surface area contributed by atoms with Crippen molar-refractivity contribution >= 4 is 23.5 Å². The Kier molecular flexibility index (Phi) is 5.61. The number of halogens is 1. The molecule has 0 aliphatic carbocycles. The minimum Gasteiger partial charge on any atom is -0.507 e. The highest BCUT2D eigenvalue weighted by atomic mass is 35.5. The van der Waals surface area contributed by atoms with Crippen LogP contribution in [0, 0.1) is 12.8 Å². The highest BCUT2D eigenvalue weighted by Gasteiger charge is 2.34. The summed E-state index contributed by atoms with van der Waals surface area (Å²) in [5.41, 5.74) is 3.36. The number of hydrogen-bond acceptors (Lipinski definition) is 6. The number of benzene rings is 2. The topological polar surface area (TPSA) is 68.2 Å². The van der Waals surface area contributed by atoms with Crippen molar-refractivity contribution in [3.8, 4) is 17.2 Å². The van der Waals surface area contributed by atoms with Crippen LogP contribution < -0.4 is 9.47 Å². The number of aromatic hydroxyl groups is 1. The number of piperidine rings is 1. The number of hydrogen-bond donors (Lipinski definition) is 1. The van der Waals surface area contributed by atoms with Gasteiger partial charge in [0.25, 0.3) is 0 Å². The van der Waals surface area contributed by atoms with Gasteiger partial charge in [-0.15, -0.1) is 0 Å². The lowest BCUT2D eigenvalue weighted by Gasteiger charge is -2.31. The maximum atomic E-state index is 13.3. The van der Waals surface area contributed by atoms with Crippen LogP contribution in [0.15, 0.2) is 24.0 Å². The molecule has 168 valence electrons. The summed E-state index contributed by atoms with van der Waals surface area (Å²) in [4.78, 5) is 15.6. The van der Waals surface area contributed by atoms with Gasteiger partial charge in [0.15, 0.2) is 12.6 Å². The molecule has 0 radical (unpaired) electrons. The van der Waals surface area contributed by atoms with Gasteiger partial charge in [-0.1, -0.05) is 18.5 Å². The van der Waals surface area contributed by atoms with Crippen LogP contribution in [0.1, 0.15) is 52.4 Å². The lowest BCUT2D eigenvalue weighted by molar-refractivity contribution is -0.0165. The predicted molar refractivity (Wildman–Crippen MR) is 121 cm³/mol. The third kappa shape index (κ3) is 3.87. The number of ether oxygens (including phenoxy) is 3. The molecule has 0 amide bonds. The Hall–Kier alpha value is -2.54. The van der Waals surface area contributed by atoms with Gasteiger partial charge in [-0.3, -0.25) is 9.69 Å². The average Bonchev–Trinajstić information content (AvgIpc) is 3.07. The van der Waals surface area contributed by atoms with Gasteiger partial charge in [0, 0.05) is 29.2 Å². The van der Waals surface area contributed by atoms with Crippen LogP contribution in [0.3, 0.4) is 0 Å². The van der Waals surface area contributed by atoms with Crippen LogP contribution in [0.5, 0.6) is 17.2 Å². The summed E-state index contributed by atoms with van der Waals surface area (Å²) in [5.74, 6) is 1.86. The summed E-state index contributed by atoms with van der Waals surface area (Å²) >= 11 is 6.28. The molecule has 1 unspecified atom stereocenters. The van der Waals surface area contributed by atoms with E-state index in [0.717, 1.165) is 25.1 Å². The zero-order valence-electron chi connectivity index (χ0n) is 18.2. The average molecular weight is 456 g/mol. The number of likely N-dealkylation sites (tertiary alicyclic amines) is 1. The maximum Gasteiger partial charge on any atom is 0.232 e. The summed E-state index contributed by atoms with van der Waals surface area (Å²) in [7, 11) is 0. The third-order valence-corrected chi connectivity index (χ3v) is 6.55. The molecule has 1 saturated heterocycles. The van der Waals surface area contributed by atoms with E-state index in [-0.39, 0.29) is 24.1 Å². The first-order valence-electron chi connectivity index (χ1n) is 11.0. The number of nitrogens with zero attached hydrogens (tertiary/aromatic N) is 1. The number of fused-ring (bicyclic) bond motifs is 2. The Morgan fingerprint density at radius 3 is 2.94 bits per heavy atom. The summed E-state index contributed by atoms with van der Waals surface area (Å²) in [6, 6.07) is 5.20. The Morgan fingerprint density at radius 2 is 2.12 bits per heavy atom. The van der Waals surface area contributed by atoms with Crippen molar-refractivity contribution in [3.05, 3.63) is 56.8 Å². The SMILES string of the molecule is Cc1cc(O)c(CN2CCCC(C)C2)c2c1C(=O)/C(=C\c1cc(Cl)cc3c1OCOC3)O2. The molecule has 2 aromatic carbocycles. The molecule has 0 spiro atoms. The van der Waals surface area contributed by atoms with Crippen molar-refractivity contribution in [2.45, 2.75) is 39.8 Å². The van der Waals surface area contributed by atoms with Crippen LogP contribution in [-0.2, 0) is 17.9 Å². The number of aryl methyl sites for hydroxylation is 1. The number of phenolic OH excluding ortho intramolecular Hbond substituents is 1. The lowest BCUT2D eigenvalue weighted by atomic mass is 9.97. The van der Waals surface area contributed by atoms with Crippen molar-refractivity contribution in [2.24, 2.45) is 5.92 Å². The van der Waals surface area contributed by atoms with Gasteiger partial charge in [0.05, 0.1) is 17.7 Å². The van der Waals surface area contributed by atoms with Gasteiger partial charge < -0.3 is 19.3 Å². The second-order valence-electron chi connectivity index (χ2n) is 8.91. The normalized spacial score (nSPS) is 21.8. The minimum atomic E-state index is -0.202. The van der Waals surface area contributed by atoms with Gasteiger partial charge in [-0.05, 0) is 62.1 Å². The molecule has 3 heterocycles. The number of ketones is 1. The molecule has 5 rings (SSSR count). The number of Topliss-reactive ketones (excluding diaryl/α,β-unsaturated/α-hetero) is 1. The van der Waals surface area contributed by atoms with Crippen molar-refractivity contribution in [1.29, 1.82) is 0 Å². The molecule has 1 N–H and O–H groups in total. The molecule has 0 bridgehead atoms. The summed E-state index contributed by atoms with van der Waals surface area (Å²) in [6.07, 6.45) is 4.01. The van der Waals surface area contributed by atoms with Crippen LogP contribution in [0.4, 0.5) is 0 Å². The highest BCUT2D eigenvalue weighted by Crippen LogP contribution is 2.43. The summed E-state index contributed by atoms with van der Waals surface area (Å²) in [5, 5.41) is 11.2. The first kappa shape index (κ1) is 21.3. The van der Waals surface area contributed by atoms with Gasteiger partial charge in [-0.2, -0.15) is 0 Å². The molecule has 3 aliphatic rings. The van der Waals surface area contributed by atoms with Crippen LogP contribution >= 0.6 is 11.6 Å². The van der Waals surface area contributed by atoms with E-state index in [4.69, 9.17) is 25.8 Å². The minimum absolute atomic E-state index is 0.144. The molecule has 2 aromatic rings. The van der Waals surface area contributed by atoms with E-state index in [1.165, 1.54) is 6.42 Å². The molecule has 3 aliphatic heterocycles. The van der Waals surface area contributed by atoms with E-state index in [1.807, 2.05) is 6.92 Å². The molecule has 1 fully saturated rings. The van der Waals surface area contributed by atoms with Crippen molar-refractivity contribution in [1.82, 2.24) is 4.90 Å². The van der Waals surface area contributed by atoms with E-state index in [0.29, 0.717) is 57.8 Å². The molecule has 6 nitrogen and oxygen atoms in total. The quantitative estimate of drug-likeness (QED) is 0.652. The van der Waals surface area contributed by atoms with Crippen molar-refractivity contribution in [3.63, 3.8) is 0 Å². The molecular weight excluding hydrogens is 430 g/mol. The smallest absolute Gasteiger partial charge is 0.232 e. The van der Waals surface area contributed by atoms with Crippen molar-refractivity contribution in [2.75, 3.05) is 19.9 Å². The molecule has 32 heavy (non-hydrogen) atoms. The number of phenols is 1. The molecule has 7 heteroatoms. The number of allylic oxidation sites excluding steroid dienone is 1. The van der Waals surface area contributed by atoms with Crippen molar-refractivity contribution < 1.29 is 24.1 Å². The Morgan fingerprint density at radius 1 is 1.28 bits per heavy atom. The molecule has 1 atom stereocenters. The van der Waals surface area contributed by atoms with E-state index in [2.05, 4.69) is 11.8 Å². The summed E-state index contributed by atoms with van der Waals surface area (Å²) < 4.78 is 17.1. The van der Waals surface area contributed by atoms with Gasteiger partial charge in [0.2, 0.25) is 5.78 Å². The van der Waals surface area contributed by atoms with E-state index < -0.39 is 0 Å². The first-order chi connectivity index (χ1) is 15.4. The van der Waals surface area contributed by atoms with Gasteiger partial charge in [0.1, 0.15) is 17.2 Å². The number of carbonyl (C=O) groups is 1. The lowest BCUT2D eigenvalue weighted by Crippen LogP contribution is -2.33. The molecular formula is C25H26ClNO5.